The molecule has 4 heterocycles. The Morgan fingerprint density at radius 2 is 1.77 bits per heavy atom. The van der Waals surface area contributed by atoms with Crippen LogP contribution in [0.5, 0.6) is 0 Å². The van der Waals surface area contributed by atoms with E-state index in [0.717, 1.165) is 82.4 Å². The van der Waals surface area contributed by atoms with Crippen LogP contribution < -0.4 is 5.32 Å². The second kappa shape index (κ2) is 11.3. The topological polar surface area (TPSA) is 85.9 Å². The van der Waals surface area contributed by atoms with Gasteiger partial charge >= 0.3 is 0 Å². The highest BCUT2D eigenvalue weighted by Crippen LogP contribution is 2.38. The molecule has 10 heteroatoms. The van der Waals surface area contributed by atoms with Gasteiger partial charge in [-0.2, -0.15) is 5.10 Å². The third kappa shape index (κ3) is 5.62. The number of H-pyrrole nitrogens is 1. The Balaban J connectivity index is 1.17. The van der Waals surface area contributed by atoms with Gasteiger partial charge in [-0.3, -0.25) is 10.00 Å². The first-order chi connectivity index (χ1) is 19.1. The number of benzene rings is 1. The molecular weight excluding hydrogens is 498 g/mol. The summed E-state index contributed by atoms with van der Waals surface area (Å²) in [6.07, 6.45) is 8.52. The van der Waals surface area contributed by atoms with Gasteiger partial charge in [-0.25, -0.2) is 23.7 Å². The minimum atomic E-state index is -0.618. The molecule has 0 bridgehead atoms. The van der Waals surface area contributed by atoms with Crippen molar-refractivity contribution in [1.29, 1.82) is 0 Å². The van der Waals surface area contributed by atoms with Gasteiger partial charge in [0.1, 0.15) is 17.0 Å². The van der Waals surface area contributed by atoms with Gasteiger partial charge in [0.25, 0.3) is 0 Å². The summed E-state index contributed by atoms with van der Waals surface area (Å²) in [6.45, 7) is 8.55. The summed E-state index contributed by atoms with van der Waals surface area (Å²) in [6, 6.07) is 6.97. The normalized spacial score (nSPS) is 17.3. The van der Waals surface area contributed by atoms with E-state index in [1.54, 1.807) is 6.07 Å². The summed E-state index contributed by atoms with van der Waals surface area (Å²) in [5, 5.41) is 11.0. The Morgan fingerprint density at radius 3 is 2.51 bits per heavy atom. The number of fused-ring (bicyclic) bond motifs is 1. The van der Waals surface area contributed by atoms with E-state index in [4.69, 9.17) is 0 Å². The molecule has 2 fully saturated rings. The van der Waals surface area contributed by atoms with Crippen molar-refractivity contribution >= 4 is 22.7 Å². The first-order valence-corrected chi connectivity index (χ1v) is 13.9. The molecule has 39 heavy (non-hydrogen) atoms. The van der Waals surface area contributed by atoms with Crippen LogP contribution in [0.25, 0.3) is 22.2 Å². The predicted octanol–water partition coefficient (Wildman–Crippen LogP) is 5.62. The quantitative estimate of drug-likeness (QED) is 0.305. The molecule has 6 rings (SSSR count). The van der Waals surface area contributed by atoms with Crippen LogP contribution in [0, 0.1) is 11.6 Å². The number of rotatable bonds is 8. The number of pyridine rings is 1. The number of aromatic amines is 1. The number of hydrogen-bond donors (Lipinski definition) is 2. The minimum Gasteiger partial charge on any atom is -0.309 e. The Hall–Kier alpha value is -3.50. The summed E-state index contributed by atoms with van der Waals surface area (Å²) < 4.78 is 29.9. The summed E-state index contributed by atoms with van der Waals surface area (Å²) in [5.41, 5.74) is 2.72. The Kier molecular flexibility index (Phi) is 7.47. The van der Waals surface area contributed by atoms with Crippen LogP contribution in [0.15, 0.2) is 36.7 Å². The molecule has 1 saturated heterocycles. The Bertz CT molecular complexity index is 1420. The molecule has 1 saturated carbocycles. The standard InChI is InChI=1S/C29H34F2N8/c1-2-9-38-10-12-39(13-11-38)18-19-7-8-25(32-16-19)34-29-33-17-24(31)27(35-29)21-14-22-26(20-5-3-4-6-20)36-37-28(22)23(30)15-21/h7-8,14-17,20H,2-6,9-13,18H2,1H3,(H,36,37)(H,32,33,34,35). The molecule has 204 valence electrons. The molecule has 0 radical (unpaired) electrons. The molecule has 0 unspecified atom stereocenters. The summed E-state index contributed by atoms with van der Waals surface area (Å²) in [4.78, 5) is 18.0. The lowest BCUT2D eigenvalue weighted by Crippen LogP contribution is -2.45. The monoisotopic (exact) mass is 532 g/mol. The Labute approximate surface area is 226 Å². The van der Waals surface area contributed by atoms with Gasteiger partial charge in [0.05, 0.1) is 6.20 Å². The second-order valence-corrected chi connectivity index (χ2v) is 10.7. The van der Waals surface area contributed by atoms with E-state index >= 15 is 0 Å². The van der Waals surface area contributed by atoms with Crippen LogP contribution >= 0.6 is 0 Å². The number of anilines is 2. The average Bonchev–Trinajstić information content (AvgIpc) is 3.63. The lowest BCUT2D eigenvalue weighted by atomic mass is 9.98. The molecule has 4 aromatic rings. The molecule has 0 atom stereocenters. The molecule has 1 aliphatic carbocycles. The van der Waals surface area contributed by atoms with Gasteiger partial charge in [-0.05, 0) is 49.6 Å². The van der Waals surface area contributed by atoms with Crippen LogP contribution in [0.1, 0.15) is 56.2 Å². The van der Waals surface area contributed by atoms with Crippen LogP contribution in [0.2, 0.25) is 0 Å². The van der Waals surface area contributed by atoms with Gasteiger partial charge in [-0.15, -0.1) is 0 Å². The van der Waals surface area contributed by atoms with E-state index in [1.165, 1.54) is 12.5 Å². The number of halogens is 2. The first kappa shape index (κ1) is 25.8. The average molecular weight is 533 g/mol. The summed E-state index contributed by atoms with van der Waals surface area (Å²) in [7, 11) is 0. The molecule has 3 aromatic heterocycles. The largest absolute Gasteiger partial charge is 0.309 e. The molecule has 0 spiro atoms. The van der Waals surface area contributed by atoms with Crippen LogP contribution in [0.4, 0.5) is 20.5 Å². The van der Waals surface area contributed by atoms with Crippen molar-refractivity contribution in [3.63, 3.8) is 0 Å². The molecule has 2 N–H and O–H groups in total. The SMILES string of the molecule is CCCN1CCN(Cc2ccc(Nc3ncc(F)c(-c4cc(F)c5n[nH]c(C6CCCC6)c5c4)n3)nc2)CC1. The van der Waals surface area contributed by atoms with E-state index < -0.39 is 11.6 Å². The fourth-order valence-electron chi connectivity index (χ4n) is 5.84. The van der Waals surface area contributed by atoms with Gasteiger partial charge in [0, 0.05) is 61.5 Å². The maximum Gasteiger partial charge on any atom is 0.229 e. The van der Waals surface area contributed by atoms with Crippen molar-refractivity contribution in [2.45, 2.75) is 51.5 Å². The maximum absolute atomic E-state index is 15.0. The zero-order valence-electron chi connectivity index (χ0n) is 22.3. The Morgan fingerprint density at radius 1 is 0.974 bits per heavy atom. The highest BCUT2D eigenvalue weighted by Gasteiger charge is 2.24. The number of nitrogens with one attached hydrogen (secondary N) is 2. The molecule has 2 aliphatic rings. The van der Waals surface area contributed by atoms with Crippen LogP contribution in [-0.2, 0) is 6.54 Å². The first-order valence-electron chi connectivity index (χ1n) is 13.9. The van der Waals surface area contributed by atoms with Crippen molar-refractivity contribution in [2.75, 3.05) is 38.0 Å². The molecule has 1 aromatic carbocycles. The smallest absolute Gasteiger partial charge is 0.229 e. The lowest BCUT2D eigenvalue weighted by molar-refractivity contribution is 0.127. The van der Waals surface area contributed by atoms with Crippen molar-refractivity contribution in [2.24, 2.45) is 0 Å². The number of piperazine rings is 1. The lowest BCUT2D eigenvalue weighted by Gasteiger charge is -2.34. The highest BCUT2D eigenvalue weighted by molar-refractivity contribution is 5.87. The van der Waals surface area contributed by atoms with Crippen LogP contribution in [0.3, 0.4) is 0 Å². The van der Waals surface area contributed by atoms with E-state index in [-0.39, 0.29) is 17.2 Å². The van der Waals surface area contributed by atoms with E-state index in [0.29, 0.717) is 22.7 Å². The predicted molar refractivity (Wildman–Crippen MR) is 148 cm³/mol. The third-order valence-corrected chi connectivity index (χ3v) is 7.90. The molecule has 0 amide bonds. The minimum absolute atomic E-state index is 0.0331. The third-order valence-electron chi connectivity index (χ3n) is 7.90. The van der Waals surface area contributed by atoms with E-state index in [1.807, 2.05) is 18.3 Å². The fourth-order valence-corrected chi connectivity index (χ4v) is 5.84. The van der Waals surface area contributed by atoms with Gasteiger partial charge in [-0.1, -0.05) is 25.8 Å². The zero-order valence-corrected chi connectivity index (χ0v) is 22.3. The fraction of sp³-hybridized carbons (Fsp3) is 0.448. The number of hydrogen-bond acceptors (Lipinski definition) is 7. The molecular formula is C29H34F2N8. The van der Waals surface area contributed by atoms with E-state index in [2.05, 4.69) is 47.2 Å². The van der Waals surface area contributed by atoms with Crippen molar-refractivity contribution < 1.29 is 8.78 Å². The maximum atomic E-state index is 15.0. The summed E-state index contributed by atoms with van der Waals surface area (Å²) >= 11 is 0. The van der Waals surface area contributed by atoms with E-state index in [9.17, 15) is 8.78 Å². The molecule has 8 nitrogen and oxygen atoms in total. The van der Waals surface area contributed by atoms with Gasteiger partial charge < -0.3 is 10.2 Å². The molecule has 1 aliphatic heterocycles. The summed E-state index contributed by atoms with van der Waals surface area (Å²) in [5.74, 6) is -0.0459. The van der Waals surface area contributed by atoms with Crippen molar-refractivity contribution in [3.05, 3.63) is 59.6 Å². The zero-order chi connectivity index (χ0) is 26.8. The van der Waals surface area contributed by atoms with Gasteiger partial charge in [0.2, 0.25) is 5.95 Å². The number of nitrogens with zero attached hydrogens (tertiary/aromatic N) is 6. The van der Waals surface area contributed by atoms with Crippen molar-refractivity contribution in [3.8, 4) is 11.3 Å². The number of aromatic nitrogens is 5. The highest BCUT2D eigenvalue weighted by atomic mass is 19.1. The second-order valence-electron chi connectivity index (χ2n) is 10.7. The van der Waals surface area contributed by atoms with Crippen molar-refractivity contribution in [1.82, 2.24) is 34.9 Å². The van der Waals surface area contributed by atoms with Gasteiger partial charge in [0.15, 0.2) is 11.6 Å². The van der Waals surface area contributed by atoms with Crippen LogP contribution in [-0.4, -0.2) is 67.7 Å².